The first-order valence-corrected chi connectivity index (χ1v) is 5.03. The summed E-state index contributed by atoms with van der Waals surface area (Å²) in [4.78, 5) is 3.87. The van der Waals surface area contributed by atoms with E-state index in [1.165, 1.54) is 18.3 Å². The van der Waals surface area contributed by atoms with Crippen molar-refractivity contribution in [2.24, 2.45) is 0 Å². The van der Waals surface area contributed by atoms with Crippen LogP contribution in [0.1, 0.15) is 5.56 Å². The van der Waals surface area contributed by atoms with E-state index in [2.05, 4.69) is 4.98 Å². The van der Waals surface area contributed by atoms with Crippen LogP contribution in [0.15, 0.2) is 42.7 Å². The van der Waals surface area contributed by atoms with Gasteiger partial charge in [0.1, 0.15) is 5.75 Å². The van der Waals surface area contributed by atoms with Crippen molar-refractivity contribution in [3.8, 4) is 17.6 Å². The fourth-order valence-electron chi connectivity index (χ4n) is 1.36. The molecule has 84 valence electrons. The second-order valence-corrected chi connectivity index (χ2v) is 3.39. The van der Waals surface area contributed by atoms with Crippen LogP contribution >= 0.6 is 0 Å². The molecule has 1 aromatic heterocycles. The van der Waals surface area contributed by atoms with E-state index in [0.717, 1.165) is 0 Å². The molecule has 17 heavy (non-hydrogen) atoms. The summed E-state index contributed by atoms with van der Waals surface area (Å²) in [7, 11) is 0. The van der Waals surface area contributed by atoms with E-state index in [1.807, 2.05) is 6.07 Å². The number of hydrogen-bond donors (Lipinski definition) is 0. The number of hydrogen-bond acceptors (Lipinski definition) is 3. The Hall–Kier alpha value is -2.41. The number of nitrogens with zero attached hydrogens (tertiary/aromatic N) is 2. The van der Waals surface area contributed by atoms with Gasteiger partial charge in [-0.2, -0.15) is 5.26 Å². The molecule has 0 aliphatic heterocycles. The Morgan fingerprint density at radius 1 is 1.35 bits per heavy atom. The molecule has 3 nitrogen and oxygen atoms in total. The Bertz CT molecular complexity index is 549. The third-order valence-electron chi connectivity index (χ3n) is 2.14. The first-order valence-electron chi connectivity index (χ1n) is 5.03. The van der Waals surface area contributed by atoms with Gasteiger partial charge in [-0.25, -0.2) is 4.39 Å². The molecular formula is C13H9FN2O. The molecule has 0 saturated carbocycles. The molecule has 1 aromatic carbocycles. The normalized spacial score (nSPS) is 9.65. The molecular weight excluding hydrogens is 219 g/mol. The maximum atomic E-state index is 13.5. The lowest BCUT2D eigenvalue weighted by molar-refractivity contribution is 0.440. The van der Waals surface area contributed by atoms with Crippen molar-refractivity contribution in [3.05, 3.63) is 54.1 Å². The summed E-state index contributed by atoms with van der Waals surface area (Å²) in [5, 5.41) is 8.58. The molecule has 0 N–H and O–H groups in total. The molecule has 0 fully saturated rings. The average Bonchev–Trinajstić information content (AvgIpc) is 2.35. The lowest BCUT2D eigenvalue weighted by atomic mass is 10.1. The second kappa shape index (κ2) is 5.08. The minimum Gasteiger partial charge on any atom is -0.453 e. The lowest BCUT2D eigenvalue weighted by Gasteiger charge is -2.07. The molecule has 0 radical (unpaired) electrons. The Kier molecular flexibility index (Phi) is 3.31. The van der Waals surface area contributed by atoms with Crippen molar-refractivity contribution in [1.29, 1.82) is 5.26 Å². The highest BCUT2D eigenvalue weighted by molar-refractivity contribution is 5.35. The third kappa shape index (κ3) is 2.79. The SMILES string of the molecule is N#CCc1ccc(F)c(Oc2cccnc2)c1. The zero-order chi connectivity index (χ0) is 12.1. The molecule has 0 saturated heterocycles. The lowest BCUT2D eigenvalue weighted by Crippen LogP contribution is -1.91. The van der Waals surface area contributed by atoms with E-state index in [9.17, 15) is 4.39 Å². The number of halogens is 1. The van der Waals surface area contributed by atoms with Gasteiger partial charge < -0.3 is 4.74 Å². The predicted octanol–water partition coefficient (Wildman–Crippen LogP) is 3.08. The summed E-state index contributed by atoms with van der Waals surface area (Å²) < 4.78 is 18.8. The Balaban J connectivity index is 2.26. The van der Waals surface area contributed by atoms with Crippen LogP contribution in [0.25, 0.3) is 0 Å². The molecule has 2 rings (SSSR count). The second-order valence-electron chi connectivity index (χ2n) is 3.39. The summed E-state index contributed by atoms with van der Waals surface area (Å²) in [5.41, 5.74) is 0.716. The minimum absolute atomic E-state index is 0.103. The standard InChI is InChI=1S/C13H9FN2O/c14-12-4-3-10(5-6-15)8-13(12)17-11-2-1-7-16-9-11/h1-4,7-9H,5H2. The molecule has 0 spiro atoms. The van der Waals surface area contributed by atoms with Crippen molar-refractivity contribution in [2.75, 3.05) is 0 Å². The number of ether oxygens (including phenoxy) is 1. The number of aromatic nitrogens is 1. The molecule has 2 aromatic rings. The first kappa shape index (κ1) is 11.1. The highest BCUT2D eigenvalue weighted by atomic mass is 19.1. The number of rotatable bonds is 3. The summed E-state index contributed by atoms with van der Waals surface area (Å²) in [6.07, 6.45) is 3.33. The molecule has 0 atom stereocenters. The van der Waals surface area contributed by atoms with E-state index in [0.29, 0.717) is 11.3 Å². The van der Waals surface area contributed by atoms with Crippen LogP contribution in [0.3, 0.4) is 0 Å². The number of pyridine rings is 1. The van der Waals surface area contributed by atoms with E-state index in [1.54, 1.807) is 24.4 Å². The van der Waals surface area contributed by atoms with Gasteiger partial charge in [-0.1, -0.05) is 6.07 Å². The van der Waals surface area contributed by atoms with Crippen LogP contribution in [0, 0.1) is 17.1 Å². The van der Waals surface area contributed by atoms with Gasteiger partial charge in [0.15, 0.2) is 11.6 Å². The van der Waals surface area contributed by atoms with Gasteiger partial charge in [0, 0.05) is 6.20 Å². The highest BCUT2D eigenvalue weighted by Gasteiger charge is 2.06. The summed E-state index contributed by atoms with van der Waals surface area (Å²) >= 11 is 0. The number of nitriles is 1. The summed E-state index contributed by atoms with van der Waals surface area (Å²) in [6.45, 7) is 0. The smallest absolute Gasteiger partial charge is 0.165 e. The van der Waals surface area contributed by atoms with Gasteiger partial charge in [-0.05, 0) is 29.8 Å². The predicted molar refractivity (Wildman–Crippen MR) is 60.0 cm³/mol. The molecule has 0 bridgehead atoms. The fraction of sp³-hybridized carbons (Fsp3) is 0.0769. The van der Waals surface area contributed by atoms with Crippen molar-refractivity contribution < 1.29 is 9.13 Å². The average molecular weight is 228 g/mol. The Labute approximate surface area is 98.1 Å². The quantitative estimate of drug-likeness (QED) is 0.810. The molecule has 0 unspecified atom stereocenters. The Morgan fingerprint density at radius 3 is 2.94 bits per heavy atom. The van der Waals surface area contributed by atoms with Crippen LogP contribution in [0.2, 0.25) is 0 Å². The van der Waals surface area contributed by atoms with Crippen LogP contribution < -0.4 is 4.74 Å². The first-order chi connectivity index (χ1) is 8.29. The van der Waals surface area contributed by atoms with Gasteiger partial charge in [0.2, 0.25) is 0 Å². The zero-order valence-electron chi connectivity index (χ0n) is 8.93. The third-order valence-corrected chi connectivity index (χ3v) is 2.14. The topological polar surface area (TPSA) is 45.9 Å². The van der Waals surface area contributed by atoms with Crippen LogP contribution in [-0.4, -0.2) is 4.98 Å². The fourth-order valence-corrected chi connectivity index (χ4v) is 1.36. The van der Waals surface area contributed by atoms with Crippen LogP contribution in [0.5, 0.6) is 11.5 Å². The summed E-state index contributed by atoms with van der Waals surface area (Å²) in [6, 6.07) is 9.76. The Morgan fingerprint density at radius 2 is 2.24 bits per heavy atom. The largest absolute Gasteiger partial charge is 0.453 e. The van der Waals surface area contributed by atoms with Crippen molar-refractivity contribution in [2.45, 2.75) is 6.42 Å². The van der Waals surface area contributed by atoms with Gasteiger partial charge in [0.05, 0.1) is 18.7 Å². The van der Waals surface area contributed by atoms with Gasteiger partial charge in [0.25, 0.3) is 0 Å². The van der Waals surface area contributed by atoms with Crippen molar-refractivity contribution in [3.63, 3.8) is 0 Å². The molecule has 1 heterocycles. The molecule has 4 heteroatoms. The van der Waals surface area contributed by atoms with Crippen LogP contribution in [0.4, 0.5) is 4.39 Å². The van der Waals surface area contributed by atoms with E-state index in [-0.39, 0.29) is 12.2 Å². The zero-order valence-corrected chi connectivity index (χ0v) is 8.93. The molecule has 0 amide bonds. The van der Waals surface area contributed by atoms with Crippen LogP contribution in [-0.2, 0) is 6.42 Å². The van der Waals surface area contributed by atoms with Crippen molar-refractivity contribution >= 4 is 0 Å². The molecule has 0 aliphatic rings. The van der Waals surface area contributed by atoms with Gasteiger partial charge >= 0.3 is 0 Å². The number of benzene rings is 1. The van der Waals surface area contributed by atoms with Gasteiger partial charge in [-0.3, -0.25) is 4.98 Å². The summed E-state index contributed by atoms with van der Waals surface area (Å²) in [5.74, 6) is 0.0989. The maximum Gasteiger partial charge on any atom is 0.165 e. The maximum absolute atomic E-state index is 13.5. The minimum atomic E-state index is -0.462. The van der Waals surface area contributed by atoms with E-state index >= 15 is 0 Å². The van der Waals surface area contributed by atoms with E-state index < -0.39 is 5.82 Å². The monoisotopic (exact) mass is 228 g/mol. The molecule has 0 aliphatic carbocycles. The van der Waals surface area contributed by atoms with Gasteiger partial charge in [-0.15, -0.1) is 0 Å². The van der Waals surface area contributed by atoms with E-state index in [4.69, 9.17) is 10.00 Å². The highest BCUT2D eigenvalue weighted by Crippen LogP contribution is 2.24. The van der Waals surface area contributed by atoms with Crippen molar-refractivity contribution in [1.82, 2.24) is 4.98 Å².